The van der Waals surface area contributed by atoms with Crippen molar-refractivity contribution < 1.29 is 19.0 Å². The van der Waals surface area contributed by atoms with Crippen LogP contribution in [0.25, 0.3) is 6.08 Å². The molecular weight excluding hydrogens is 476 g/mol. The number of benzene rings is 2. The zero-order valence-electron chi connectivity index (χ0n) is 18.5. The number of carbonyl (C=O) groups excluding carboxylic acids is 1. The summed E-state index contributed by atoms with van der Waals surface area (Å²) in [4.78, 5) is 31.6. The van der Waals surface area contributed by atoms with E-state index in [1.807, 2.05) is 30.3 Å². The molecular formula is C25H21ClN2O5S. The second-order valence-electron chi connectivity index (χ2n) is 7.73. The fourth-order valence-corrected chi connectivity index (χ4v) is 5.37. The van der Waals surface area contributed by atoms with E-state index in [2.05, 4.69) is 4.99 Å². The van der Waals surface area contributed by atoms with E-state index in [9.17, 15) is 9.59 Å². The molecule has 0 saturated carbocycles. The van der Waals surface area contributed by atoms with Crippen LogP contribution >= 0.6 is 22.9 Å². The smallest absolute Gasteiger partial charge is 0.338 e. The highest BCUT2D eigenvalue weighted by Crippen LogP contribution is 2.34. The Bertz CT molecular complexity index is 1500. The van der Waals surface area contributed by atoms with Gasteiger partial charge >= 0.3 is 5.97 Å². The molecule has 0 aliphatic carbocycles. The zero-order valence-corrected chi connectivity index (χ0v) is 20.1. The van der Waals surface area contributed by atoms with E-state index in [0.29, 0.717) is 55.9 Å². The molecule has 174 valence electrons. The number of hydrogen-bond donors (Lipinski definition) is 0. The molecule has 2 aromatic carbocycles. The fourth-order valence-electron chi connectivity index (χ4n) is 4.08. The van der Waals surface area contributed by atoms with Crippen molar-refractivity contribution in [2.24, 2.45) is 4.99 Å². The summed E-state index contributed by atoms with van der Waals surface area (Å²) in [5.74, 6) is 0.801. The van der Waals surface area contributed by atoms with E-state index in [1.54, 1.807) is 32.1 Å². The molecule has 0 amide bonds. The molecule has 7 nitrogen and oxygen atoms in total. The maximum atomic E-state index is 13.6. The van der Waals surface area contributed by atoms with Crippen LogP contribution in [0, 0.1) is 0 Å². The van der Waals surface area contributed by atoms with Crippen molar-refractivity contribution in [3.8, 4) is 11.5 Å². The molecule has 34 heavy (non-hydrogen) atoms. The first kappa shape index (κ1) is 22.4. The van der Waals surface area contributed by atoms with Gasteiger partial charge in [-0.25, -0.2) is 9.79 Å². The third-order valence-corrected chi connectivity index (χ3v) is 6.91. The number of thiazole rings is 1. The van der Waals surface area contributed by atoms with Gasteiger partial charge < -0.3 is 14.2 Å². The molecule has 0 saturated heterocycles. The summed E-state index contributed by atoms with van der Waals surface area (Å²) in [5.41, 5.74) is 1.96. The monoisotopic (exact) mass is 496 g/mol. The van der Waals surface area contributed by atoms with Crippen molar-refractivity contribution >= 4 is 35.0 Å². The molecule has 0 spiro atoms. The Morgan fingerprint density at radius 1 is 1.24 bits per heavy atom. The van der Waals surface area contributed by atoms with Crippen LogP contribution in [0.15, 0.2) is 63.5 Å². The lowest BCUT2D eigenvalue weighted by molar-refractivity contribution is -0.139. The molecule has 3 heterocycles. The van der Waals surface area contributed by atoms with Crippen LogP contribution in [-0.2, 0) is 9.53 Å². The Labute approximate surface area is 204 Å². The van der Waals surface area contributed by atoms with E-state index < -0.39 is 12.0 Å². The highest BCUT2D eigenvalue weighted by Gasteiger charge is 2.34. The van der Waals surface area contributed by atoms with Gasteiger partial charge in [-0.1, -0.05) is 47.2 Å². The molecule has 2 aliphatic heterocycles. The van der Waals surface area contributed by atoms with Gasteiger partial charge in [-0.15, -0.1) is 0 Å². The topological polar surface area (TPSA) is 79.1 Å². The van der Waals surface area contributed by atoms with Crippen LogP contribution in [-0.4, -0.2) is 30.4 Å². The van der Waals surface area contributed by atoms with Gasteiger partial charge in [0.15, 0.2) is 16.3 Å². The van der Waals surface area contributed by atoms with Crippen molar-refractivity contribution in [3.63, 3.8) is 0 Å². The van der Waals surface area contributed by atoms with E-state index in [-0.39, 0.29) is 12.2 Å². The van der Waals surface area contributed by atoms with E-state index in [1.165, 1.54) is 15.9 Å². The second-order valence-corrected chi connectivity index (χ2v) is 9.14. The van der Waals surface area contributed by atoms with Gasteiger partial charge in [0.25, 0.3) is 5.56 Å². The number of allylic oxidation sites excluding steroid dienone is 1. The van der Waals surface area contributed by atoms with Crippen LogP contribution in [0.3, 0.4) is 0 Å². The molecule has 3 aromatic rings. The molecule has 1 atom stereocenters. The third kappa shape index (κ3) is 3.93. The lowest BCUT2D eigenvalue weighted by Crippen LogP contribution is -2.40. The number of halogens is 1. The summed E-state index contributed by atoms with van der Waals surface area (Å²) in [6.45, 7) is 4.68. The summed E-state index contributed by atoms with van der Waals surface area (Å²) in [6.07, 6.45) is 1.79. The average molecular weight is 497 g/mol. The third-order valence-electron chi connectivity index (χ3n) is 5.58. The Morgan fingerprint density at radius 3 is 2.76 bits per heavy atom. The van der Waals surface area contributed by atoms with E-state index >= 15 is 0 Å². The van der Waals surface area contributed by atoms with Gasteiger partial charge in [-0.05, 0) is 49.2 Å². The Morgan fingerprint density at radius 2 is 2.00 bits per heavy atom. The first-order chi connectivity index (χ1) is 16.5. The van der Waals surface area contributed by atoms with Crippen molar-refractivity contribution in [1.29, 1.82) is 0 Å². The van der Waals surface area contributed by atoms with Gasteiger partial charge in [0.1, 0.15) is 19.3 Å². The molecule has 1 aromatic heterocycles. The first-order valence-corrected chi connectivity index (χ1v) is 12.0. The summed E-state index contributed by atoms with van der Waals surface area (Å²) >= 11 is 7.78. The minimum Gasteiger partial charge on any atom is -0.486 e. The number of nitrogens with zero attached hydrogens (tertiary/aromatic N) is 2. The number of fused-ring (bicyclic) bond motifs is 2. The Kier molecular flexibility index (Phi) is 6.02. The number of rotatable bonds is 4. The number of esters is 1. The van der Waals surface area contributed by atoms with Crippen molar-refractivity contribution in [3.05, 3.63) is 89.6 Å². The zero-order chi connectivity index (χ0) is 23.8. The van der Waals surface area contributed by atoms with E-state index in [0.717, 1.165) is 5.56 Å². The molecule has 2 aliphatic rings. The van der Waals surface area contributed by atoms with Gasteiger partial charge in [0.05, 0.1) is 22.4 Å². The molecule has 0 unspecified atom stereocenters. The summed E-state index contributed by atoms with van der Waals surface area (Å²) in [6, 6.07) is 12.0. The van der Waals surface area contributed by atoms with Crippen LogP contribution in [0.5, 0.6) is 11.5 Å². The average Bonchev–Trinajstić information content (AvgIpc) is 3.13. The molecule has 9 heteroatoms. The van der Waals surface area contributed by atoms with Gasteiger partial charge in [0, 0.05) is 5.02 Å². The summed E-state index contributed by atoms with van der Waals surface area (Å²) < 4.78 is 18.6. The number of ether oxygens (including phenoxy) is 3. The fraction of sp³-hybridized carbons (Fsp3) is 0.240. The number of carbonyl (C=O) groups is 1. The maximum Gasteiger partial charge on any atom is 0.338 e. The predicted octanol–water partition coefficient (Wildman–Crippen LogP) is 3.22. The maximum absolute atomic E-state index is 13.6. The standard InChI is InChI=1S/C25H21ClN2O5S/c1-3-31-24(30)21-14(2)27-25-28(22(21)16-6-4-5-7-17(16)26)23(29)20(34-25)13-15-8-9-18-19(12-15)33-11-10-32-18/h4-9,12-13,22H,3,10-11H2,1-2H3/b20-13-/t22-/m0/s1. The minimum absolute atomic E-state index is 0.208. The van der Waals surface area contributed by atoms with Gasteiger partial charge in [0.2, 0.25) is 0 Å². The van der Waals surface area contributed by atoms with E-state index in [4.69, 9.17) is 25.8 Å². The molecule has 0 radical (unpaired) electrons. The molecule has 0 N–H and O–H groups in total. The highest BCUT2D eigenvalue weighted by atomic mass is 35.5. The lowest BCUT2D eigenvalue weighted by atomic mass is 9.96. The quantitative estimate of drug-likeness (QED) is 0.518. The van der Waals surface area contributed by atoms with Crippen LogP contribution in [0.4, 0.5) is 0 Å². The summed E-state index contributed by atoms with van der Waals surface area (Å²) in [5, 5.41) is 0.449. The van der Waals surface area contributed by atoms with Crippen LogP contribution in [0.1, 0.15) is 31.0 Å². The number of hydrogen-bond acceptors (Lipinski definition) is 7. The lowest BCUT2D eigenvalue weighted by Gasteiger charge is -2.25. The summed E-state index contributed by atoms with van der Waals surface area (Å²) in [7, 11) is 0. The Balaban J connectivity index is 1.70. The van der Waals surface area contributed by atoms with Gasteiger partial charge in [-0.2, -0.15) is 0 Å². The van der Waals surface area contributed by atoms with Crippen molar-refractivity contribution in [1.82, 2.24) is 4.57 Å². The normalized spacial score (nSPS) is 17.3. The first-order valence-electron chi connectivity index (χ1n) is 10.8. The second kappa shape index (κ2) is 9.12. The Hall–Kier alpha value is -3.36. The largest absolute Gasteiger partial charge is 0.486 e. The van der Waals surface area contributed by atoms with Crippen LogP contribution < -0.4 is 24.4 Å². The molecule has 0 fully saturated rings. The van der Waals surface area contributed by atoms with Crippen molar-refractivity contribution in [2.45, 2.75) is 19.9 Å². The molecule has 5 rings (SSSR count). The number of aromatic nitrogens is 1. The van der Waals surface area contributed by atoms with Gasteiger partial charge in [-0.3, -0.25) is 9.36 Å². The minimum atomic E-state index is -0.744. The highest BCUT2D eigenvalue weighted by molar-refractivity contribution is 7.07. The van der Waals surface area contributed by atoms with Crippen LogP contribution in [0.2, 0.25) is 5.02 Å². The predicted molar refractivity (Wildman–Crippen MR) is 129 cm³/mol. The SMILES string of the molecule is CCOC(=O)C1=C(C)N=c2s/c(=C\c3ccc4c(c3)OCCO4)c(=O)n2[C@H]1c1ccccc1Cl. The van der Waals surface area contributed by atoms with Crippen molar-refractivity contribution in [2.75, 3.05) is 19.8 Å². The molecule has 0 bridgehead atoms.